The monoisotopic (exact) mass is 874 g/mol. The molecule has 2 unspecified atom stereocenters. The van der Waals surface area contributed by atoms with E-state index >= 15 is 0 Å². The second-order valence-corrected chi connectivity index (χ2v) is 16.5. The highest BCUT2D eigenvalue weighted by Crippen LogP contribution is 2.36. The van der Waals surface area contributed by atoms with Gasteiger partial charge < -0.3 is 47.5 Å². The number of allylic oxidation sites excluding steroid dienone is 4. The summed E-state index contributed by atoms with van der Waals surface area (Å²) in [5, 5.41) is 20.0. The van der Waals surface area contributed by atoms with E-state index in [0.29, 0.717) is 0 Å². The number of ether oxygens (including phenoxy) is 6. The lowest BCUT2D eigenvalue weighted by atomic mass is 9.78. The summed E-state index contributed by atoms with van der Waals surface area (Å²) >= 11 is 0. The molecule has 0 saturated carbocycles. The molecule has 2 aromatic rings. The third-order valence-corrected chi connectivity index (χ3v) is 11.0. The number of cyclic esters (lactones) is 2. The largest absolute Gasteiger partial charge is 0.481 e. The molecule has 16 nitrogen and oxygen atoms in total. The molecule has 0 spiro atoms. The first-order valence-electron chi connectivity index (χ1n) is 20.9. The Morgan fingerprint density at radius 2 is 1.38 bits per heavy atom. The molecule has 9 atom stereocenters. The molecule has 0 amide bonds. The first-order chi connectivity index (χ1) is 30.0. The van der Waals surface area contributed by atoms with Gasteiger partial charge in [-0.05, 0) is 19.9 Å². The number of rotatable bonds is 11. The van der Waals surface area contributed by atoms with E-state index in [2.05, 4.69) is 9.97 Å². The zero-order chi connectivity index (χ0) is 45.7. The third-order valence-electron chi connectivity index (χ3n) is 11.0. The zero-order valence-electron chi connectivity index (χ0n) is 36.7. The van der Waals surface area contributed by atoms with E-state index in [1.165, 1.54) is 19.6 Å². The van der Waals surface area contributed by atoms with Crippen molar-refractivity contribution < 1.29 is 66.6 Å². The number of oxazole rings is 2. The first-order valence-corrected chi connectivity index (χ1v) is 20.9. The van der Waals surface area contributed by atoms with Crippen LogP contribution in [0.4, 0.5) is 0 Å². The molecule has 63 heavy (non-hydrogen) atoms. The molecular weight excluding hydrogens is 817 g/mol. The van der Waals surface area contributed by atoms with E-state index in [1.807, 2.05) is 56.4 Å². The highest BCUT2D eigenvalue weighted by molar-refractivity contribution is 5.87. The second kappa shape index (κ2) is 22.1. The van der Waals surface area contributed by atoms with Gasteiger partial charge in [0.2, 0.25) is 5.89 Å². The van der Waals surface area contributed by atoms with Crippen molar-refractivity contribution >= 4 is 30.0 Å². The van der Waals surface area contributed by atoms with Crippen LogP contribution in [0.2, 0.25) is 0 Å². The van der Waals surface area contributed by atoms with Crippen LogP contribution < -0.4 is 0 Å². The van der Waals surface area contributed by atoms with E-state index in [9.17, 15) is 24.3 Å². The number of hydrogen-bond donors (Lipinski definition) is 2. The number of aromatic nitrogens is 2. The predicted octanol–water partition coefficient (Wildman–Crippen LogP) is 6.88. The van der Waals surface area contributed by atoms with Gasteiger partial charge in [-0.2, -0.15) is 0 Å². The topological polar surface area (TPSA) is 223 Å². The molecule has 3 aliphatic heterocycles. The molecule has 0 aliphatic carbocycles. The number of hydrogen-bond acceptors (Lipinski definition) is 15. The van der Waals surface area contributed by atoms with Crippen molar-refractivity contribution in [1.29, 1.82) is 0 Å². The maximum absolute atomic E-state index is 13.6. The fourth-order valence-corrected chi connectivity index (χ4v) is 6.68. The molecule has 5 heterocycles. The first kappa shape index (κ1) is 48.4. The van der Waals surface area contributed by atoms with Gasteiger partial charge in [0.15, 0.2) is 17.3 Å². The maximum atomic E-state index is 13.6. The van der Waals surface area contributed by atoms with E-state index in [1.54, 1.807) is 70.2 Å². The quantitative estimate of drug-likeness (QED) is 0.102. The third kappa shape index (κ3) is 13.9. The second-order valence-electron chi connectivity index (χ2n) is 16.5. The van der Waals surface area contributed by atoms with Crippen LogP contribution in [0.25, 0.3) is 6.08 Å². The lowest BCUT2D eigenvalue weighted by molar-refractivity contribution is -0.158. The molecule has 16 heteroatoms. The summed E-state index contributed by atoms with van der Waals surface area (Å²) in [6.07, 6.45) is 22.2. The van der Waals surface area contributed by atoms with Crippen LogP contribution in [0, 0.1) is 10.8 Å². The van der Waals surface area contributed by atoms with Crippen LogP contribution in [0.3, 0.4) is 0 Å². The average Bonchev–Trinajstić information content (AvgIpc) is 4.04. The van der Waals surface area contributed by atoms with Crippen molar-refractivity contribution in [1.82, 2.24) is 9.97 Å². The molecule has 0 radical (unpaired) electrons. The highest BCUT2D eigenvalue weighted by atomic mass is 16.6. The summed E-state index contributed by atoms with van der Waals surface area (Å²) < 4.78 is 46.2. The Bertz CT molecular complexity index is 2100. The van der Waals surface area contributed by atoms with Gasteiger partial charge >= 0.3 is 23.9 Å². The summed E-state index contributed by atoms with van der Waals surface area (Å²) in [4.78, 5) is 59.5. The molecular formula is C47H58N2O14. The summed E-state index contributed by atoms with van der Waals surface area (Å²) in [7, 11) is 1.54. The van der Waals surface area contributed by atoms with Crippen molar-refractivity contribution in [2.75, 3.05) is 7.11 Å². The number of carbonyl (C=O) groups is 4. The van der Waals surface area contributed by atoms with Gasteiger partial charge in [0.05, 0.1) is 31.5 Å². The van der Waals surface area contributed by atoms with Crippen molar-refractivity contribution in [2.24, 2.45) is 10.8 Å². The molecule has 340 valence electrons. The van der Waals surface area contributed by atoms with Crippen LogP contribution in [0.1, 0.15) is 100.0 Å². The predicted molar refractivity (Wildman–Crippen MR) is 228 cm³/mol. The minimum Gasteiger partial charge on any atom is -0.481 e. The minimum absolute atomic E-state index is 0.0187. The fourth-order valence-electron chi connectivity index (χ4n) is 6.68. The summed E-state index contributed by atoms with van der Waals surface area (Å²) in [6, 6.07) is 0. The summed E-state index contributed by atoms with van der Waals surface area (Å²) in [6.45, 7) is 10.8. The molecule has 4 bridgehead atoms. The van der Waals surface area contributed by atoms with E-state index in [4.69, 9.17) is 42.4 Å². The van der Waals surface area contributed by atoms with Crippen LogP contribution in [-0.2, 0) is 44.4 Å². The summed E-state index contributed by atoms with van der Waals surface area (Å²) in [5.41, 5.74) is -1.98. The van der Waals surface area contributed by atoms with Crippen LogP contribution in [-0.4, -0.2) is 106 Å². The van der Waals surface area contributed by atoms with Gasteiger partial charge in [0.1, 0.15) is 55.3 Å². The van der Waals surface area contributed by atoms with Crippen molar-refractivity contribution in [3.8, 4) is 0 Å². The van der Waals surface area contributed by atoms with Crippen molar-refractivity contribution in [2.45, 2.75) is 129 Å². The standard InChI is InChI=1S/C47H58N2O14/c1-8-14-36(50)46(3,4)38-19-12-17-33-32(59-33)16-10-11-21-40-48-30(27-57-40)44(54)63-39(47(5,6)37(15-9-2)61-43(53)25-24-42(51)52)20-13-18-34-35(60-34)23-22-29(56-7)26-41-49-31(28-58-41)45(55)62-38/h8-18,21-23,27-29,32-39,50H,19-20,24-26H2,1-7H3,(H,51,52)/b14-8+,15-9+,16-10+,17-12-,18-13-,21-11-,23-22+/t29-,32-,33+,34?,35?,36-,37-,38+,39+/m0/s1. The number of aliphatic hydroxyl groups is 1. The van der Waals surface area contributed by atoms with Gasteiger partial charge in [-0.3, -0.25) is 9.59 Å². The SMILES string of the molecule is C/C=C/[C@H](OC(=O)CCC(=O)O)C(C)(C)[C@H]1C/C=C\C2OC2/C=C/[C@H](OC)Cc2nc(co2)C(=O)O[C@@H](C(C)(C)[C@@H](O)/C=C/C)C/C=C\[C@H]2O[C@H]2/C=C/C=C\c2nc(co2)C(=O)O1. The number of methoxy groups -OCH3 is 1. The average molecular weight is 875 g/mol. The number of nitrogens with zero attached hydrogens (tertiary/aromatic N) is 2. The number of aliphatic hydroxyl groups excluding tert-OH is 1. The van der Waals surface area contributed by atoms with Gasteiger partial charge in [0.25, 0.3) is 0 Å². The van der Waals surface area contributed by atoms with Crippen LogP contribution in [0.15, 0.2) is 100 Å². The van der Waals surface area contributed by atoms with Crippen LogP contribution in [0.5, 0.6) is 0 Å². The van der Waals surface area contributed by atoms with Gasteiger partial charge in [-0.1, -0.05) is 101 Å². The lowest BCUT2D eigenvalue weighted by Gasteiger charge is -2.38. The number of carboxylic acids is 1. The van der Waals surface area contributed by atoms with Gasteiger partial charge in [-0.15, -0.1) is 0 Å². The Morgan fingerprint density at radius 1 is 0.794 bits per heavy atom. The Hall–Kier alpha value is -5.68. The summed E-state index contributed by atoms with van der Waals surface area (Å²) in [5.74, 6) is -2.89. The molecule has 3 aliphatic rings. The number of carbonyl (C=O) groups excluding carboxylic acids is 3. The smallest absolute Gasteiger partial charge is 0.360 e. The molecule has 2 N–H and O–H groups in total. The Kier molecular flexibility index (Phi) is 17.0. The Labute approximate surface area is 367 Å². The minimum atomic E-state index is -1.13. The van der Waals surface area contributed by atoms with Gasteiger partial charge in [-0.25, -0.2) is 19.6 Å². The van der Waals surface area contributed by atoms with Crippen LogP contribution >= 0.6 is 0 Å². The number of esters is 3. The molecule has 5 rings (SSSR count). The number of aliphatic carboxylic acids is 1. The number of fused-ring (bicyclic) bond motifs is 6. The molecule has 0 aromatic carbocycles. The molecule has 2 aromatic heterocycles. The zero-order valence-corrected chi connectivity index (χ0v) is 36.7. The number of epoxide rings is 2. The fraction of sp³-hybridized carbons (Fsp3) is 0.489. The number of carboxylic acid groups (broad SMARTS) is 1. The maximum Gasteiger partial charge on any atom is 0.360 e. The Morgan fingerprint density at radius 3 is 2.00 bits per heavy atom. The molecule has 2 saturated heterocycles. The Balaban J connectivity index is 1.38. The van der Waals surface area contributed by atoms with Gasteiger partial charge in [0, 0.05) is 36.9 Å². The van der Waals surface area contributed by atoms with E-state index in [-0.39, 0.29) is 73.3 Å². The van der Waals surface area contributed by atoms with Crippen molar-refractivity contribution in [3.63, 3.8) is 0 Å². The highest BCUT2D eigenvalue weighted by Gasteiger charge is 2.42. The van der Waals surface area contributed by atoms with E-state index in [0.717, 1.165) is 0 Å². The van der Waals surface area contributed by atoms with Crippen molar-refractivity contribution in [3.05, 3.63) is 115 Å². The molecule has 2 fully saturated rings. The lowest BCUT2D eigenvalue weighted by Crippen LogP contribution is -2.44. The normalized spacial score (nSPS) is 28.6. The van der Waals surface area contributed by atoms with E-state index < -0.39 is 71.6 Å².